The number of methoxy groups -OCH3 is 1. The smallest absolute Gasteiger partial charge is 0.231 e. The van der Waals surface area contributed by atoms with Crippen LogP contribution in [0.25, 0.3) is 0 Å². The van der Waals surface area contributed by atoms with Gasteiger partial charge in [-0.1, -0.05) is 32.9 Å². The van der Waals surface area contributed by atoms with Crippen LogP contribution in [0.15, 0.2) is 4.52 Å². The van der Waals surface area contributed by atoms with Crippen LogP contribution in [0.1, 0.15) is 58.4 Å². The number of ether oxygens (including phenoxy) is 1. The molecule has 3 unspecified atom stereocenters. The van der Waals surface area contributed by atoms with E-state index >= 15 is 0 Å². The molecular formula is C13H25N3O2. The number of hydrogen-bond donors (Lipinski definition) is 1. The normalized spacial score (nSPS) is 17.2. The number of nitrogens with two attached hydrogens (primary N) is 1. The highest BCUT2D eigenvalue weighted by Crippen LogP contribution is 2.28. The van der Waals surface area contributed by atoms with E-state index in [1.807, 2.05) is 6.92 Å². The summed E-state index contributed by atoms with van der Waals surface area (Å²) in [7, 11) is 1.66. The summed E-state index contributed by atoms with van der Waals surface area (Å²) in [6.07, 6.45) is -0.136. The van der Waals surface area contributed by atoms with E-state index in [1.165, 1.54) is 0 Å². The molecule has 0 aliphatic heterocycles. The van der Waals surface area contributed by atoms with E-state index in [0.717, 1.165) is 0 Å². The summed E-state index contributed by atoms with van der Waals surface area (Å²) in [5, 5.41) is 4.03. The molecule has 0 spiro atoms. The van der Waals surface area contributed by atoms with Crippen molar-refractivity contribution in [3.63, 3.8) is 0 Å². The third kappa shape index (κ3) is 3.29. The molecule has 18 heavy (non-hydrogen) atoms. The summed E-state index contributed by atoms with van der Waals surface area (Å²) >= 11 is 0. The van der Waals surface area contributed by atoms with Crippen LogP contribution in [0.2, 0.25) is 0 Å². The van der Waals surface area contributed by atoms with Crippen LogP contribution in [-0.2, 0) is 4.74 Å². The van der Waals surface area contributed by atoms with Gasteiger partial charge in [0.1, 0.15) is 6.10 Å². The molecule has 5 nitrogen and oxygen atoms in total. The minimum atomic E-state index is -0.136. The largest absolute Gasteiger partial charge is 0.373 e. The number of hydrogen-bond acceptors (Lipinski definition) is 5. The van der Waals surface area contributed by atoms with Crippen LogP contribution in [0.5, 0.6) is 0 Å². The van der Waals surface area contributed by atoms with Gasteiger partial charge in [-0.05, 0) is 18.8 Å². The number of nitrogens with zero attached hydrogens (tertiary/aromatic N) is 2. The Morgan fingerprint density at radius 2 is 1.72 bits per heavy atom. The molecule has 0 aliphatic carbocycles. The van der Waals surface area contributed by atoms with Crippen molar-refractivity contribution < 1.29 is 9.26 Å². The Balaban J connectivity index is 2.97. The molecule has 0 saturated heterocycles. The fourth-order valence-electron chi connectivity index (χ4n) is 2.29. The van der Waals surface area contributed by atoms with Crippen molar-refractivity contribution in [3.05, 3.63) is 11.7 Å². The predicted octanol–water partition coefficient (Wildman–Crippen LogP) is 2.50. The summed E-state index contributed by atoms with van der Waals surface area (Å²) < 4.78 is 10.8. The third-order valence-corrected chi connectivity index (χ3v) is 3.14. The average Bonchev–Trinajstić information content (AvgIpc) is 2.66. The van der Waals surface area contributed by atoms with Crippen LogP contribution in [0.3, 0.4) is 0 Å². The van der Waals surface area contributed by atoms with Crippen molar-refractivity contribution in [2.75, 3.05) is 7.11 Å². The Labute approximate surface area is 109 Å². The zero-order chi connectivity index (χ0) is 13.9. The molecule has 0 fully saturated rings. The lowest BCUT2D eigenvalue weighted by atomic mass is 9.90. The van der Waals surface area contributed by atoms with Crippen molar-refractivity contribution in [1.29, 1.82) is 0 Å². The number of aromatic nitrogens is 2. The molecule has 5 heteroatoms. The zero-order valence-electron chi connectivity index (χ0n) is 12.2. The zero-order valence-corrected chi connectivity index (χ0v) is 12.2. The molecule has 1 aromatic rings. The Kier molecular flexibility index (Phi) is 5.28. The van der Waals surface area contributed by atoms with Crippen LogP contribution in [0.4, 0.5) is 0 Å². The lowest BCUT2D eigenvalue weighted by Crippen LogP contribution is -2.28. The first kappa shape index (κ1) is 15.1. The standard InChI is InChI=1S/C13H25N3O2/c1-7(2)10(9(5)14)13-15-12(16-18-13)11(17-6)8(3)4/h7-11H,14H2,1-6H3. The monoisotopic (exact) mass is 255 g/mol. The molecule has 1 rings (SSSR count). The van der Waals surface area contributed by atoms with Gasteiger partial charge in [0.2, 0.25) is 11.7 Å². The lowest BCUT2D eigenvalue weighted by molar-refractivity contribution is 0.0555. The Morgan fingerprint density at radius 1 is 1.11 bits per heavy atom. The fraction of sp³-hybridized carbons (Fsp3) is 0.846. The van der Waals surface area contributed by atoms with E-state index in [-0.39, 0.29) is 18.1 Å². The minimum absolute atomic E-state index is 0.0154. The Bertz CT molecular complexity index is 353. The van der Waals surface area contributed by atoms with Gasteiger partial charge >= 0.3 is 0 Å². The van der Waals surface area contributed by atoms with Gasteiger partial charge in [-0.25, -0.2) is 0 Å². The first-order valence-corrected chi connectivity index (χ1v) is 6.50. The van der Waals surface area contributed by atoms with Gasteiger partial charge in [-0.15, -0.1) is 0 Å². The first-order valence-electron chi connectivity index (χ1n) is 6.50. The molecule has 0 aliphatic rings. The molecule has 0 radical (unpaired) electrons. The van der Waals surface area contributed by atoms with Gasteiger partial charge in [0.05, 0.1) is 5.92 Å². The first-order chi connectivity index (χ1) is 8.38. The summed E-state index contributed by atoms with van der Waals surface area (Å²) in [5.41, 5.74) is 5.99. The highest BCUT2D eigenvalue weighted by atomic mass is 16.5. The van der Waals surface area contributed by atoms with Gasteiger partial charge in [-0.3, -0.25) is 0 Å². The highest BCUT2D eigenvalue weighted by molar-refractivity contribution is 5.01. The highest BCUT2D eigenvalue weighted by Gasteiger charge is 2.28. The SMILES string of the molecule is COC(c1noc(C(C(C)C)C(C)N)n1)C(C)C. The van der Waals surface area contributed by atoms with E-state index < -0.39 is 0 Å². The van der Waals surface area contributed by atoms with Gasteiger partial charge < -0.3 is 15.0 Å². The van der Waals surface area contributed by atoms with E-state index in [4.69, 9.17) is 15.0 Å². The number of rotatable bonds is 6. The van der Waals surface area contributed by atoms with Crippen LogP contribution >= 0.6 is 0 Å². The van der Waals surface area contributed by atoms with Crippen LogP contribution in [0, 0.1) is 11.8 Å². The maximum atomic E-state index is 5.99. The van der Waals surface area contributed by atoms with Gasteiger partial charge in [0.25, 0.3) is 0 Å². The molecular weight excluding hydrogens is 230 g/mol. The summed E-state index contributed by atoms with van der Waals surface area (Å²) in [6, 6.07) is -0.0154. The molecule has 0 amide bonds. The molecule has 0 bridgehead atoms. The third-order valence-electron chi connectivity index (χ3n) is 3.14. The maximum Gasteiger partial charge on any atom is 0.231 e. The van der Waals surface area contributed by atoms with Gasteiger partial charge in [0, 0.05) is 13.2 Å². The van der Waals surface area contributed by atoms with Crippen molar-refractivity contribution >= 4 is 0 Å². The second kappa shape index (κ2) is 6.29. The second-order valence-electron chi connectivity index (χ2n) is 5.52. The molecule has 1 heterocycles. The van der Waals surface area contributed by atoms with Crippen LogP contribution in [-0.4, -0.2) is 23.3 Å². The summed E-state index contributed by atoms with van der Waals surface area (Å²) in [6.45, 7) is 10.3. The maximum absolute atomic E-state index is 5.99. The molecule has 104 valence electrons. The Hall–Kier alpha value is -0.940. The van der Waals surface area contributed by atoms with E-state index in [1.54, 1.807) is 7.11 Å². The van der Waals surface area contributed by atoms with Crippen molar-refractivity contribution in [2.45, 2.75) is 52.7 Å². The van der Waals surface area contributed by atoms with E-state index in [0.29, 0.717) is 23.6 Å². The van der Waals surface area contributed by atoms with Crippen molar-refractivity contribution in [1.82, 2.24) is 10.1 Å². The molecule has 0 saturated carbocycles. The average molecular weight is 255 g/mol. The van der Waals surface area contributed by atoms with Crippen LogP contribution < -0.4 is 5.73 Å². The molecule has 2 N–H and O–H groups in total. The summed E-state index contributed by atoms with van der Waals surface area (Å²) in [4.78, 5) is 4.46. The molecule has 0 aromatic carbocycles. The van der Waals surface area contributed by atoms with E-state index in [2.05, 4.69) is 37.8 Å². The topological polar surface area (TPSA) is 74.2 Å². The Morgan fingerprint density at radius 3 is 2.11 bits per heavy atom. The molecule has 1 aromatic heterocycles. The van der Waals surface area contributed by atoms with Crippen molar-refractivity contribution in [2.24, 2.45) is 17.6 Å². The minimum Gasteiger partial charge on any atom is -0.373 e. The quantitative estimate of drug-likeness (QED) is 0.845. The van der Waals surface area contributed by atoms with Crippen molar-refractivity contribution in [3.8, 4) is 0 Å². The fourth-order valence-corrected chi connectivity index (χ4v) is 2.29. The van der Waals surface area contributed by atoms with E-state index in [9.17, 15) is 0 Å². The summed E-state index contributed by atoms with van der Waals surface area (Å²) in [5.74, 6) is 1.95. The van der Waals surface area contributed by atoms with Gasteiger partial charge in [-0.2, -0.15) is 4.98 Å². The van der Waals surface area contributed by atoms with Gasteiger partial charge in [0.15, 0.2) is 0 Å². The lowest BCUT2D eigenvalue weighted by Gasteiger charge is -2.20. The predicted molar refractivity (Wildman–Crippen MR) is 70.1 cm³/mol. The molecule has 3 atom stereocenters. The second-order valence-corrected chi connectivity index (χ2v) is 5.52.